The maximum Gasteiger partial charge on any atom is 0.337 e. The quantitative estimate of drug-likeness (QED) is 0.128. The minimum absolute atomic E-state index is 0.0381. The number of carboxylic acids is 1. The molecule has 0 bridgehead atoms. The van der Waals surface area contributed by atoms with Crippen LogP contribution in [0.2, 0.25) is 10.0 Å². The van der Waals surface area contributed by atoms with Gasteiger partial charge in [-0.05, 0) is 83.4 Å². The lowest BCUT2D eigenvalue weighted by Crippen LogP contribution is -2.22. The lowest BCUT2D eigenvalue weighted by atomic mass is 9.84. The zero-order chi connectivity index (χ0) is 27.4. The first-order valence-electron chi connectivity index (χ1n) is 12.1. The third kappa shape index (κ3) is 5.89. The molecular weight excluding hydrogens is 551 g/mol. The number of alkyl halides is 1. The molecule has 0 fully saturated rings. The van der Waals surface area contributed by atoms with Crippen LogP contribution < -0.4 is 10.6 Å². The highest BCUT2D eigenvalue weighted by Crippen LogP contribution is 2.44. The van der Waals surface area contributed by atoms with Crippen molar-refractivity contribution in [1.29, 1.82) is 0 Å². The second kappa shape index (κ2) is 11.4. The van der Waals surface area contributed by atoms with Crippen LogP contribution >= 0.6 is 34.8 Å². The average Bonchev–Trinajstić information content (AvgIpc) is 2.96. The minimum Gasteiger partial charge on any atom is -0.478 e. The van der Waals surface area contributed by atoms with E-state index in [2.05, 4.69) is 10.6 Å². The first kappa shape index (κ1) is 26.6. The zero-order valence-corrected chi connectivity index (χ0v) is 22.8. The Balaban J connectivity index is 1.44. The Labute approximate surface area is 241 Å². The fraction of sp³-hybridized carbons (Fsp3) is 0.0312. The standard InChI is InChI=1S/C32H23Cl3N2O2/c33-24-10-16-27(17-11-24)36-25-12-6-22(7-13-25)32(35,21-4-2-1-3-5-21)23-8-14-26(15-9-23)37-28-18-19-30(34)29(20-28)31(38)39/h1-20,36-37H,(H,38,39). The molecule has 3 N–H and O–H groups in total. The van der Waals surface area contributed by atoms with Crippen molar-refractivity contribution in [3.63, 3.8) is 0 Å². The van der Waals surface area contributed by atoms with Crippen molar-refractivity contribution >= 4 is 63.5 Å². The molecule has 0 saturated heterocycles. The van der Waals surface area contributed by atoms with Gasteiger partial charge in [0.1, 0.15) is 4.87 Å². The third-order valence-electron chi connectivity index (χ3n) is 6.36. The molecule has 0 saturated carbocycles. The number of aromatic carboxylic acids is 1. The van der Waals surface area contributed by atoms with Gasteiger partial charge in [0.05, 0.1) is 10.6 Å². The monoisotopic (exact) mass is 572 g/mol. The van der Waals surface area contributed by atoms with E-state index in [1.807, 2.05) is 103 Å². The van der Waals surface area contributed by atoms with E-state index in [0.717, 1.165) is 33.8 Å². The van der Waals surface area contributed by atoms with Crippen LogP contribution in [0.25, 0.3) is 0 Å². The number of anilines is 4. The Morgan fingerprint density at radius 3 is 1.54 bits per heavy atom. The molecule has 1 atom stereocenters. The van der Waals surface area contributed by atoms with Gasteiger partial charge in [-0.2, -0.15) is 0 Å². The summed E-state index contributed by atoms with van der Waals surface area (Å²) in [5, 5.41) is 16.9. The van der Waals surface area contributed by atoms with E-state index < -0.39 is 10.8 Å². The van der Waals surface area contributed by atoms with Crippen molar-refractivity contribution in [3.8, 4) is 0 Å². The van der Waals surface area contributed by atoms with Gasteiger partial charge < -0.3 is 15.7 Å². The first-order valence-corrected chi connectivity index (χ1v) is 13.2. The van der Waals surface area contributed by atoms with Crippen molar-refractivity contribution in [2.75, 3.05) is 10.6 Å². The first-order chi connectivity index (χ1) is 18.8. The van der Waals surface area contributed by atoms with Gasteiger partial charge in [0.25, 0.3) is 0 Å². The molecule has 0 heterocycles. The van der Waals surface area contributed by atoms with Crippen LogP contribution in [-0.4, -0.2) is 11.1 Å². The van der Waals surface area contributed by atoms with Gasteiger partial charge in [0.2, 0.25) is 0 Å². The third-order valence-corrected chi connectivity index (χ3v) is 7.59. The zero-order valence-electron chi connectivity index (χ0n) is 20.5. The van der Waals surface area contributed by atoms with E-state index in [9.17, 15) is 9.90 Å². The van der Waals surface area contributed by atoms with Crippen LogP contribution in [0.3, 0.4) is 0 Å². The molecule has 0 spiro atoms. The largest absolute Gasteiger partial charge is 0.478 e. The smallest absolute Gasteiger partial charge is 0.337 e. The Kier molecular flexibility index (Phi) is 7.80. The number of hydrogen-bond acceptors (Lipinski definition) is 3. The molecule has 0 aliphatic heterocycles. The van der Waals surface area contributed by atoms with Crippen molar-refractivity contribution in [3.05, 3.63) is 154 Å². The number of rotatable bonds is 8. The maximum absolute atomic E-state index is 11.4. The van der Waals surface area contributed by atoms with E-state index in [1.165, 1.54) is 6.07 Å². The van der Waals surface area contributed by atoms with Gasteiger partial charge in [0.15, 0.2) is 0 Å². The average molecular weight is 574 g/mol. The SMILES string of the molecule is O=C(O)c1cc(Nc2ccc(C(Cl)(c3ccccc3)c3ccc(Nc4ccc(Cl)cc4)cc3)cc2)ccc1Cl. The molecular formula is C32H23Cl3N2O2. The van der Waals surface area contributed by atoms with E-state index in [1.54, 1.807) is 12.1 Å². The molecule has 0 radical (unpaired) electrons. The Morgan fingerprint density at radius 2 is 1.03 bits per heavy atom. The summed E-state index contributed by atoms with van der Waals surface area (Å²) in [6.45, 7) is 0. The highest BCUT2D eigenvalue weighted by atomic mass is 35.5. The number of nitrogens with one attached hydrogen (secondary N) is 2. The number of hydrogen-bond donors (Lipinski definition) is 3. The molecule has 4 nitrogen and oxygen atoms in total. The van der Waals surface area contributed by atoms with Crippen LogP contribution in [-0.2, 0) is 4.87 Å². The molecule has 7 heteroatoms. The molecule has 0 aliphatic rings. The number of carbonyl (C=O) groups is 1. The van der Waals surface area contributed by atoms with E-state index in [-0.39, 0.29) is 10.6 Å². The van der Waals surface area contributed by atoms with E-state index in [0.29, 0.717) is 10.7 Å². The van der Waals surface area contributed by atoms with Crippen LogP contribution in [0.5, 0.6) is 0 Å². The lowest BCUT2D eigenvalue weighted by molar-refractivity contribution is 0.0697. The molecule has 39 heavy (non-hydrogen) atoms. The van der Waals surface area contributed by atoms with Crippen LogP contribution in [0.1, 0.15) is 27.0 Å². The molecule has 0 aromatic heterocycles. The number of halogens is 3. The molecule has 5 aromatic rings. The Hall–Kier alpha value is -3.96. The fourth-order valence-electron chi connectivity index (χ4n) is 4.37. The second-order valence-corrected chi connectivity index (χ2v) is 10.3. The summed E-state index contributed by atoms with van der Waals surface area (Å²) in [6, 6.07) is 38.1. The van der Waals surface area contributed by atoms with Crippen LogP contribution in [0.15, 0.2) is 121 Å². The topological polar surface area (TPSA) is 61.4 Å². The second-order valence-electron chi connectivity index (χ2n) is 8.94. The summed E-state index contributed by atoms with van der Waals surface area (Å²) >= 11 is 19.5. The highest BCUT2D eigenvalue weighted by Gasteiger charge is 2.34. The number of benzene rings is 5. The maximum atomic E-state index is 11.4. The predicted octanol–water partition coefficient (Wildman–Crippen LogP) is 9.71. The summed E-state index contributed by atoms with van der Waals surface area (Å²) in [5.74, 6) is -1.08. The van der Waals surface area contributed by atoms with Crippen molar-refractivity contribution < 1.29 is 9.90 Å². The van der Waals surface area contributed by atoms with E-state index in [4.69, 9.17) is 34.8 Å². The van der Waals surface area contributed by atoms with Crippen molar-refractivity contribution in [2.24, 2.45) is 0 Å². The Morgan fingerprint density at radius 1 is 0.590 bits per heavy atom. The summed E-state index contributed by atoms with van der Waals surface area (Å²) in [7, 11) is 0. The van der Waals surface area contributed by atoms with Gasteiger partial charge in [-0.3, -0.25) is 0 Å². The molecule has 0 amide bonds. The highest BCUT2D eigenvalue weighted by molar-refractivity contribution is 6.33. The van der Waals surface area contributed by atoms with E-state index >= 15 is 0 Å². The molecule has 5 rings (SSSR count). The Bertz CT molecular complexity index is 1590. The van der Waals surface area contributed by atoms with Crippen molar-refractivity contribution in [2.45, 2.75) is 4.87 Å². The van der Waals surface area contributed by atoms with Gasteiger partial charge in [0, 0.05) is 27.8 Å². The fourth-order valence-corrected chi connectivity index (χ4v) is 5.07. The summed E-state index contributed by atoms with van der Waals surface area (Å²) in [5.41, 5.74) is 6.05. The predicted molar refractivity (Wildman–Crippen MR) is 161 cm³/mol. The van der Waals surface area contributed by atoms with Crippen LogP contribution in [0.4, 0.5) is 22.7 Å². The normalized spacial score (nSPS) is 12.4. The minimum atomic E-state index is -1.08. The molecule has 5 aromatic carbocycles. The number of carboxylic acid groups (broad SMARTS) is 1. The van der Waals surface area contributed by atoms with Gasteiger partial charge >= 0.3 is 5.97 Å². The van der Waals surface area contributed by atoms with Gasteiger partial charge in [-0.15, -0.1) is 11.6 Å². The summed E-state index contributed by atoms with van der Waals surface area (Å²) < 4.78 is 0. The molecule has 0 aliphatic carbocycles. The molecule has 194 valence electrons. The van der Waals surface area contributed by atoms with Crippen LogP contribution in [0, 0.1) is 0 Å². The summed E-state index contributed by atoms with van der Waals surface area (Å²) in [6.07, 6.45) is 0. The summed E-state index contributed by atoms with van der Waals surface area (Å²) in [4.78, 5) is 10.5. The van der Waals surface area contributed by atoms with Gasteiger partial charge in [-0.1, -0.05) is 77.8 Å². The molecule has 1 unspecified atom stereocenters. The van der Waals surface area contributed by atoms with Gasteiger partial charge in [-0.25, -0.2) is 4.79 Å². The van der Waals surface area contributed by atoms with Crippen molar-refractivity contribution in [1.82, 2.24) is 0 Å². The lowest BCUT2D eigenvalue weighted by Gasteiger charge is -2.29.